The quantitative estimate of drug-likeness (QED) is 0.266. The number of carbonyl (C=O) groups excluding carboxylic acids is 2. The summed E-state index contributed by atoms with van der Waals surface area (Å²) in [6, 6.07) is 18.6. The van der Waals surface area contributed by atoms with Crippen LogP contribution in [-0.2, 0) is 9.59 Å². The molecule has 1 atom stereocenters. The summed E-state index contributed by atoms with van der Waals surface area (Å²) in [7, 11) is 6.88. The highest BCUT2D eigenvalue weighted by atomic mass is 79.9. The van der Waals surface area contributed by atoms with Gasteiger partial charge in [0.2, 0.25) is 0 Å². The van der Waals surface area contributed by atoms with Crippen LogP contribution in [0.5, 0.6) is 11.5 Å². The van der Waals surface area contributed by atoms with Crippen molar-refractivity contribution >= 4 is 44.8 Å². The van der Waals surface area contributed by atoms with Crippen molar-refractivity contribution in [2.45, 2.75) is 6.04 Å². The van der Waals surface area contributed by atoms with Crippen LogP contribution >= 0.6 is 15.9 Å². The van der Waals surface area contributed by atoms with E-state index in [0.717, 1.165) is 10.2 Å². The Hall–Kier alpha value is -3.78. The summed E-state index contributed by atoms with van der Waals surface area (Å²) < 4.78 is 11.6. The summed E-state index contributed by atoms with van der Waals surface area (Å²) in [5.74, 6) is -0.823. The second kappa shape index (κ2) is 9.84. The fourth-order valence-corrected chi connectivity index (χ4v) is 4.33. The number of anilines is 2. The molecule has 8 heteroatoms. The molecule has 1 aliphatic heterocycles. The molecule has 0 radical (unpaired) electrons. The number of carbonyl (C=O) groups is 2. The van der Waals surface area contributed by atoms with Crippen LogP contribution in [0.1, 0.15) is 17.2 Å². The molecule has 3 aromatic rings. The fourth-order valence-electron chi connectivity index (χ4n) is 4.06. The molecule has 0 saturated carbocycles. The summed E-state index contributed by atoms with van der Waals surface area (Å²) in [4.78, 5) is 30.1. The van der Waals surface area contributed by atoms with Gasteiger partial charge in [0, 0.05) is 48.0 Å². The standard InChI is InChI=1S/C27H25BrN2O5/c1-29(2)19-11-7-16(8-12-19)24-23(25(31)17-5-9-18(28)10-6-17)26(32)27(33)30(24)20-13-21(34-3)15-22(14-20)35-4/h5-15,24,31H,1-4H3/b25-23+. The molecule has 1 saturated heterocycles. The number of rotatable bonds is 6. The van der Waals surface area contributed by atoms with Gasteiger partial charge in [0.1, 0.15) is 17.3 Å². The summed E-state index contributed by atoms with van der Waals surface area (Å²) >= 11 is 3.38. The van der Waals surface area contributed by atoms with Crippen molar-refractivity contribution in [1.82, 2.24) is 0 Å². The van der Waals surface area contributed by atoms with E-state index in [1.165, 1.54) is 19.1 Å². The van der Waals surface area contributed by atoms with E-state index in [4.69, 9.17) is 9.47 Å². The Morgan fingerprint density at radius 2 is 1.49 bits per heavy atom. The monoisotopic (exact) mass is 536 g/mol. The Morgan fingerprint density at radius 3 is 2.00 bits per heavy atom. The molecular weight excluding hydrogens is 512 g/mol. The number of ether oxygens (including phenoxy) is 2. The molecule has 0 spiro atoms. The minimum atomic E-state index is -0.855. The molecule has 1 N–H and O–H groups in total. The van der Waals surface area contributed by atoms with Gasteiger partial charge in [-0.2, -0.15) is 0 Å². The van der Waals surface area contributed by atoms with Crippen LogP contribution in [0.4, 0.5) is 11.4 Å². The van der Waals surface area contributed by atoms with Crippen LogP contribution in [0, 0.1) is 0 Å². The Bertz CT molecular complexity index is 1280. The Balaban J connectivity index is 1.95. The van der Waals surface area contributed by atoms with Gasteiger partial charge in [-0.15, -0.1) is 0 Å². The molecule has 0 bridgehead atoms. The zero-order valence-electron chi connectivity index (χ0n) is 19.8. The normalized spacial score (nSPS) is 16.9. The molecule has 0 aliphatic carbocycles. The number of amides is 1. The number of aliphatic hydroxyl groups is 1. The lowest BCUT2D eigenvalue weighted by Gasteiger charge is -2.26. The maximum Gasteiger partial charge on any atom is 0.300 e. The van der Waals surface area contributed by atoms with Crippen LogP contribution in [0.2, 0.25) is 0 Å². The molecule has 1 fully saturated rings. The number of nitrogens with zero attached hydrogens (tertiary/aromatic N) is 2. The van der Waals surface area contributed by atoms with Crippen molar-refractivity contribution in [2.75, 3.05) is 38.1 Å². The molecule has 1 amide bonds. The van der Waals surface area contributed by atoms with Crippen LogP contribution in [0.15, 0.2) is 76.8 Å². The third-order valence-electron chi connectivity index (χ3n) is 5.90. The highest BCUT2D eigenvalue weighted by molar-refractivity contribution is 9.10. The first-order valence-electron chi connectivity index (χ1n) is 10.8. The van der Waals surface area contributed by atoms with Crippen molar-refractivity contribution in [1.29, 1.82) is 0 Å². The van der Waals surface area contributed by atoms with E-state index >= 15 is 0 Å². The van der Waals surface area contributed by atoms with Crippen LogP contribution in [0.25, 0.3) is 5.76 Å². The summed E-state index contributed by atoms with van der Waals surface area (Å²) in [6.07, 6.45) is 0. The maximum atomic E-state index is 13.4. The molecule has 7 nitrogen and oxygen atoms in total. The van der Waals surface area contributed by atoms with E-state index in [2.05, 4.69) is 15.9 Å². The number of benzene rings is 3. The number of aliphatic hydroxyl groups excluding tert-OH is 1. The van der Waals surface area contributed by atoms with Crippen LogP contribution < -0.4 is 19.3 Å². The van der Waals surface area contributed by atoms with Crippen molar-refractivity contribution < 1.29 is 24.2 Å². The Morgan fingerprint density at radius 1 is 0.914 bits per heavy atom. The molecule has 1 heterocycles. The third-order valence-corrected chi connectivity index (χ3v) is 6.43. The molecule has 3 aromatic carbocycles. The van der Waals surface area contributed by atoms with Gasteiger partial charge in [0.05, 0.1) is 31.5 Å². The second-order valence-corrected chi connectivity index (χ2v) is 9.15. The van der Waals surface area contributed by atoms with Gasteiger partial charge in [0.25, 0.3) is 11.7 Å². The molecule has 4 rings (SSSR count). The fraction of sp³-hybridized carbons (Fsp3) is 0.185. The maximum absolute atomic E-state index is 13.4. The SMILES string of the molecule is COc1cc(OC)cc(N2C(=O)C(=O)/C(=C(/O)c3ccc(Br)cc3)C2c2ccc(N(C)C)cc2)c1. The highest BCUT2D eigenvalue weighted by Crippen LogP contribution is 2.44. The number of Topliss-reactive ketones (excluding diaryl/α,β-unsaturated/α-hetero) is 1. The largest absolute Gasteiger partial charge is 0.507 e. The van der Waals surface area contributed by atoms with E-state index in [1.54, 1.807) is 42.5 Å². The van der Waals surface area contributed by atoms with E-state index in [0.29, 0.717) is 28.3 Å². The van der Waals surface area contributed by atoms with Crippen molar-refractivity contribution in [3.63, 3.8) is 0 Å². The molecule has 1 unspecified atom stereocenters. The van der Waals surface area contributed by atoms with Crippen LogP contribution in [-0.4, -0.2) is 45.1 Å². The van der Waals surface area contributed by atoms with Gasteiger partial charge in [-0.3, -0.25) is 14.5 Å². The van der Waals surface area contributed by atoms with Gasteiger partial charge < -0.3 is 19.5 Å². The number of methoxy groups -OCH3 is 2. The van der Waals surface area contributed by atoms with Gasteiger partial charge in [0.15, 0.2) is 0 Å². The second-order valence-electron chi connectivity index (χ2n) is 8.23. The summed E-state index contributed by atoms with van der Waals surface area (Å²) in [5, 5.41) is 11.2. The van der Waals surface area contributed by atoms with Crippen LogP contribution in [0.3, 0.4) is 0 Å². The van der Waals surface area contributed by atoms with E-state index in [1.807, 2.05) is 43.3 Å². The average molecular weight is 537 g/mol. The Labute approximate surface area is 212 Å². The van der Waals surface area contributed by atoms with Gasteiger partial charge in [-0.05, 0) is 29.8 Å². The average Bonchev–Trinajstić information content (AvgIpc) is 3.14. The number of ketones is 1. The molecular formula is C27H25BrN2O5. The zero-order chi connectivity index (χ0) is 25.3. The van der Waals surface area contributed by atoms with Gasteiger partial charge >= 0.3 is 0 Å². The minimum absolute atomic E-state index is 0.0108. The first-order valence-corrected chi connectivity index (χ1v) is 11.6. The smallest absolute Gasteiger partial charge is 0.300 e. The van der Waals surface area contributed by atoms with E-state index in [-0.39, 0.29) is 11.3 Å². The van der Waals surface area contributed by atoms with Gasteiger partial charge in [-0.25, -0.2) is 0 Å². The van der Waals surface area contributed by atoms with Crippen molar-refractivity contribution in [3.05, 3.63) is 87.9 Å². The number of hydrogen-bond acceptors (Lipinski definition) is 6. The van der Waals surface area contributed by atoms with Crippen molar-refractivity contribution in [3.8, 4) is 11.5 Å². The number of halogens is 1. The molecule has 180 valence electrons. The van der Waals surface area contributed by atoms with E-state index < -0.39 is 17.7 Å². The third kappa shape index (κ3) is 4.61. The lowest BCUT2D eigenvalue weighted by molar-refractivity contribution is -0.132. The number of hydrogen-bond donors (Lipinski definition) is 1. The minimum Gasteiger partial charge on any atom is -0.507 e. The Kier molecular flexibility index (Phi) is 6.84. The first-order chi connectivity index (χ1) is 16.7. The molecule has 35 heavy (non-hydrogen) atoms. The molecule has 0 aromatic heterocycles. The lowest BCUT2D eigenvalue weighted by atomic mass is 9.95. The first kappa shape index (κ1) is 24.3. The predicted octanol–water partition coefficient (Wildman–Crippen LogP) is 5.16. The zero-order valence-corrected chi connectivity index (χ0v) is 21.4. The van der Waals surface area contributed by atoms with Gasteiger partial charge in [-0.1, -0.05) is 40.2 Å². The summed E-state index contributed by atoms with van der Waals surface area (Å²) in [6.45, 7) is 0. The highest BCUT2D eigenvalue weighted by Gasteiger charge is 2.47. The summed E-state index contributed by atoms with van der Waals surface area (Å²) in [5.41, 5.74) is 2.50. The molecule has 1 aliphatic rings. The predicted molar refractivity (Wildman–Crippen MR) is 139 cm³/mol. The lowest BCUT2D eigenvalue weighted by Crippen LogP contribution is -2.29. The van der Waals surface area contributed by atoms with E-state index in [9.17, 15) is 14.7 Å². The van der Waals surface area contributed by atoms with Crippen molar-refractivity contribution in [2.24, 2.45) is 0 Å². The topological polar surface area (TPSA) is 79.3 Å².